The van der Waals surface area contributed by atoms with Gasteiger partial charge in [-0.25, -0.2) is 0 Å². The van der Waals surface area contributed by atoms with Gasteiger partial charge in [-0.3, -0.25) is 4.79 Å². The SMILES string of the molecule is CCc1cc(=O)cco1. The minimum absolute atomic E-state index is 0.0121. The molecule has 0 aliphatic heterocycles. The quantitative estimate of drug-likeness (QED) is 0.563. The lowest BCUT2D eigenvalue weighted by Crippen LogP contribution is -1.96. The molecule has 0 amide bonds. The van der Waals surface area contributed by atoms with Gasteiger partial charge in [0, 0.05) is 18.6 Å². The van der Waals surface area contributed by atoms with Gasteiger partial charge in [0.05, 0.1) is 6.26 Å². The summed E-state index contributed by atoms with van der Waals surface area (Å²) in [5.74, 6) is 0.738. The van der Waals surface area contributed by atoms with Gasteiger partial charge in [0.15, 0.2) is 5.43 Å². The Kier molecular flexibility index (Phi) is 1.68. The number of aryl methyl sites for hydroxylation is 1. The first-order valence-corrected chi connectivity index (χ1v) is 2.90. The average Bonchev–Trinajstić information content (AvgIpc) is 1.88. The molecule has 1 rings (SSSR count). The van der Waals surface area contributed by atoms with E-state index in [0.717, 1.165) is 12.2 Å². The molecule has 2 heteroatoms. The highest BCUT2D eigenvalue weighted by atomic mass is 16.3. The second-order valence-electron chi connectivity index (χ2n) is 1.79. The summed E-state index contributed by atoms with van der Waals surface area (Å²) in [5, 5.41) is 0. The fraction of sp³-hybridized carbons (Fsp3) is 0.286. The summed E-state index contributed by atoms with van der Waals surface area (Å²) in [5.41, 5.74) is 0.0121. The predicted octanol–water partition coefficient (Wildman–Crippen LogP) is 1.20. The zero-order valence-electron chi connectivity index (χ0n) is 5.26. The van der Waals surface area contributed by atoms with Gasteiger partial charge in [0.1, 0.15) is 5.76 Å². The Morgan fingerprint density at radius 2 is 2.44 bits per heavy atom. The van der Waals surface area contributed by atoms with Crippen molar-refractivity contribution >= 4 is 0 Å². The maximum Gasteiger partial charge on any atom is 0.185 e. The molecule has 0 saturated heterocycles. The number of hydrogen-bond acceptors (Lipinski definition) is 2. The van der Waals surface area contributed by atoms with E-state index < -0.39 is 0 Å². The van der Waals surface area contributed by atoms with E-state index >= 15 is 0 Å². The van der Waals surface area contributed by atoms with Crippen LogP contribution >= 0.6 is 0 Å². The Labute approximate surface area is 53.1 Å². The van der Waals surface area contributed by atoms with Gasteiger partial charge in [-0.2, -0.15) is 0 Å². The van der Waals surface area contributed by atoms with Crippen molar-refractivity contribution in [2.75, 3.05) is 0 Å². The predicted molar refractivity (Wildman–Crippen MR) is 34.4 cm³/mol. The lowest BCUT2D eigenvalue weighted by atomic mass is 10.3. The van der Waals surface area contributed by atoms with Crippen molar-refractivity contribution < 1.29 is 4.42 Å². The van der Waals surface area contributed by atoms with Gasteiger partial charge in [-0.15, -0.1) is 0 Å². The molecule has 0 radical (unpaired) electrons. The van der Waals surface area contributed by atoms with Crippen LogP contribution in [0.4, 0.5) is 0 Å². The van der Waals surface area contributed by atoms with E-state index in [0.29, 0.717) is 0 Å². The van der Waals surface area contributed by atoms with Crippen LogP contribution in [0, 0.1) is 0 Å². The molecule has 0 bridgehead atoms. The number of rotatable bonds is 1. The van der Waals surface area contributed by atoms with E-state index in [2.05, 4.69) is 0 Å². The van der Waals surface area contributed by atoms with Gasteiger partial charge in [0.2, 0.25) is 0 Å². The monoisotopic (exact) mass is 124 g/mol. The van der Waals surface area contributed by atoms with Crippen LogP contribution in [0.5, 0.6) is 0 Å². The van der Waals surface area contributed by atoms with Crippen molar-refractivity contribution in [3.63, 3.8) is 0 Å². The van der Waals surface area contributed by atoms with E-state index in [1.807, 2.05) is 6.92 Å². The zero-order chi connectivity index (χ0) is 6.69. The van der Waals surface area contributed by atoms with Crippen LogP contribution in [0.1, 0.15) is 12.7 Å². The maximum atomic E-state index is 10.6. The molecule has 0 atom stereocenters. The first-order chi connectivity index (χ1) is 4.33. The highest BCUT2D eigenvalue weighted by Crippen LogP contribution is 1.92. The Bertz CT molecular complexity index is 237. The lowest BCUT2D eigenvalue weighted by Gasteiger charge is -1.89. The van der Waals surface area contributed by atoms with Crippen LogP contribution in [0.2, 0.25) is 0 Å². The molecule has 0 aliphatic rings. The first kappa shape index (κ1) is 6.08. The molecule has 0 aliphatic carbocycles. The third-order valence-electron chi connectivity index (χ3n) is 1.10. The van der Waals surface area contributed by atoms with Crippen molar-refractivity contribution in [1.82, 2.24) is 0 Å². The lowest BCUT2D eigenvalue weighted by molar-refractivity contribution is 0.497. The Hall–Kier alpha value is -1.05. The van der Waals surface area contributed by atoms with Crippen LogP contribution in [-0.2, 0) is 6.42 Å². The second-order valence-corrected chi connectivity index (χ2v) is 1.79. The highest BCUT2D eigenvalue weighted by Gasteiger charge is 1.88. The summed E-state index contributed by atoms with van der Waals surface area (Å²) in [6, 6.07) is 2.90. The molecule has 1 aromatic heterocycles. The van der Waals surface area contributed by atoms with Crippen molar-refractivity contribution in [2.24, 2.45) is 0 Å². The third-order valence-corrected chi connectivity index (χ3v) is 1.10. The minimum atomic E-state index is 0.0121. The van der Waals surface area contributed by atoms with Crippen molar-refractivity contribution in [3.8, 4) is 0 Å². The van der Waals surface area contributed by atoms with E-state index in [9.17, 15) is 4.79 Å². The summed E-state index contributed by atoms with van der Waals surface area (Å²) in [6.07, 6.45) is 2.19. The summed E-state index contributed by atoms with van der Waals surface area (Å²) in [4.78, 5) is 10.6. The Morgan fingerprint density at radius 3 is 2.89 bits per heavy atom. The Morgan fingerprint density at radius 1 is 1.67 bits per heavy atom. The molecule has 0 fully saturated rings. The van der Waals surface area contributed by atoms with Crippen molar-refractivity contribution in [1.29, 1.82) is 0 Å². The smallest absolute Gasteiger partial charge is 0.185 e. The van der Waals surface area contributed by atoms with E-state index in [1.54, 1.807) is 0 Å². The van der Waals surface area contributed by atoms with Crippen molar-refractivity contribution in [3.05, 3.63) is 34.4 Å². The van der Waals surface area contributed by atoms with Crippen LogP contribution in [0.25, 0.3) is 0 Å². The molecular formula is C7H8O2. The van der Waals surface area contributed by atoms with Gasteiger partial charge in [0.25, 0.3) is 0 Å². The molecule has 0 saturated carbocycles. The summed E-state index contributed by atoms with van der Waals surface area (Å²) < 4.78 is 4.96. The van der Waals surface area contributed by atoms with Gasteiger partial charge in [-0.1, -0.05) is 6.92 Å². The third kappa shape index (κ3) is 1.42. The largest absolute Gasteiger partial charge is 0.469 e. The summed E-state index contributed by atoms with van der Waals surface area (Å²) in [7, 11) is 0. The molecule has 2 nitrogen and oxygen atoms in total. The highest BCUT2D eigenvalue weighted by molar-refractivity contribution is 4.98. The van der Waals surface area contributed by atoms with E-state index in [-0.39, 0.29) is 5.43 Å². The molecule has 48 valence electrons. The summed E-state index contributed by atoms with van der Waals surface area (Å²) in [6.45, 7) is 1.94. The van der Waals surface area contributed by atoms with Crippen LogP contribution in [0.15, 0.2) is 27.6 Å². The molecule has 0 unspecified atom stereocenters. The average molecular weight is 124 g/mol. The molecule has 0 N–H and O–H groups in total. The number of hydrogen-bond donors (Lipinski definition) is 0. The molecule has 1 aromatic rings. The normalized spacial score (nSPS) is 9.44. The van der Waals surface area contributed by atoms with Crippen molar-refractivity contribution in [2.45, 2.75) is 13.3 Å². The van der Waals surface area contributed by atoms with Gasteiger partial charge in [-0.05, 0) is 0 Å². The molecule has 1 heterocycles. The second kappa shape index (κ2) is 2.49. The molecule has 0 aromatic carbocycles. The van der Waals surface area contributed by atoms with Crippen LogP contribution < -0.4 is 5.43 Å². The molecule has 0 spiro atoms. The topological polar surface area (TPSA) is 30.2 Å². The summed E-state index contributed by atoms with van der Waals surface area (Å²) >= 11 is 0. The Balaban J connectivity index is 3.08. The maximum absolute atomic E-state index is 10.6. The fourth-order valence-electron chi connectivity index (χ4n) is 0.615. The minimum Gasteiger partial charge on any atom is -0.469 e. The van der Waals surface area contributed by atoms with Gasteiger partial charge >= 0.3 is 0 Å². The standard InChI is InChI=1S/C7H8O2/c1-2-7-5-6(8)3-4-9-7/h3-5H,2H2,1H3. The van der Waals surface area contributed by atoms with E-state index in [4.69, 9.17) is 4.42 Å². The van der Waals surface area contributed by atoms with Crippen LogP contribution in [0.3, 0.4) is 0 Å². The van der Waals surface area contributed by atoms with Crippen LogP contribution in [-0.4, -0.2) is 0 Å². The first-order valence-electron chi connectivity index (χ1n) is 2.90. The van der Waals surface area contributed by atoms with E-state index in [1.165, 1.54) is 18.4 Å². The molecular weight excluding hydrogens is 116 g/mol. The van der Waals surface area contributed by atoms with Gasteiger partial charge < -0.3 is 4.42 Å². The molecule has 9 heavy (non-hydrogen) atoms. The fourth-order valence-corrected chi connectivity index (χ4v) is 0.615. The zero-order valence-corrected chi connectivity index (χ0v) is 5.26.